The van der Waals surface area contributed by atoms with E-state index in [1.54, 1.807) is 49.4 Å². The molecule has 176 valence electrons. The number of nitrogens with zero attached hydrogens (tertiary/aromatic N) is 2. The summed E-state index contributed by atoms with van der Waals surface area (Å²) in [5, 5.41) is 0. The van der Waals surface area contributed by atoms with E-state index in [9.17, 15) is 18.0 Å². The predicted octanol–water partition coefficient (Wildman–Crippen LogP) is 2.33. The molecule has 0 bridgehead atoms. The summed E-state index contributed by atoms with van der Waals surface area (Å²) in [5.41, 5.74) is 1.08. The molecule has 0 spiro atoms. The van der Waals surface area contributed by atoms with Crippen LogP contribution in [0, 0.1) is 0 Å². The van der Waals surface area contributed by atoms with E-state index < -0.39 is 27.5 Å². The van der Waals surface area contributed by atoms with Gasteiger partial charge >= 0.3 is 5.97 Å². The molecule has 0 aliphatic heterocycles. The second kappa shape index (κ2) is 10.6. The molecule has 1 aromatic heterocycles. The van der Waals surface area contributed by atoms with E-state index in [4.69, 9.17) is 14.2 Å². The number of hydrogen-bond donors (Lipinski definition) is 0. The van der Waals surface area contributed by atoms with Gasteiger partial charge in [-0.1, -0.05) is 41.7 Å². The lowest BCUT2D eigenvalue weighted by atomic mass is 10.2. The van der Waals surface area contributed by atoms with Crippen molar-refractivity contribution in [1.82, 2.24) is 4.57 Å². The standard InChI is InChI=1S/C22H24N2O7S2/c1-4-31-19(26)12-24-20-16(29-2)10-11-17(30-3)21(20)32-22(24)23-18(25)14-33(27,28)13-15-8-6-5-7-9-15/h5-11H,4,12-14H2,1-3H3. The van der Waals surface area contributed by atoms with Gasteiger partial charge in [-0.25, -0.2) is 8.42 Å². The smallest absolute Gasteiger partial charge is 0.326 e. The summed E-state index contributed by atoms with van der Waals surface area (Å²) in [6.07, 6.45) is 0. The van der Waals surface area contributed by atoms with Crippen molar-refractivity contribution in [3.8, 4) is 11.5 Å². The van der Waals surface area contributed by atoms with Crippen LogP contribution in [-0.2, 0) is 36.5 Å². The molecule has 0 fully saturated rings. The Morgan fingerprint density at radius 3 is 2.33 bits per heavy atom. The number of rotatable bonds is 9. The number of carbonyl (C=O) groups is 2. The zero-order valence-corrected chi connectivity index (χ0v) is 20.1. The number of esters is 1. The van der Waals surface area contributed by atoms with Crippen LogP contribution in [0.5, 0.6) is 11.5 Å². The lowest BCUT2D eigenvalue weighted by molar-refractivity contribution is -0.143. The maximum atomic E-state index is 12.6. The first kappa shape index (κ1) is 24.5. The van der Waals surface area contributed by atoms with E-state index in [1.165, 1.54) is 18.8 Å². The number of ether oxygens (including phenoxy) is 3. The number of benzene rings is 2. The number of fused-ring (bicyclic) bond motifs is 1. The predicted molar refractivity (Wildman–Crippen MR) is 124 cm³/mol. The number of methoxy groups -OCH3 is 2. The van der Waals surface area contributed by atoms with Gasteiger partial charge in [-0.3, -0.25) is 9.59 Å². The lowest BCUT2D eigenvalue weighted by Crippen LogP contribution is -2.25. The van der Waals surface area contributed by atoms with Crippen LogP contribution in [0.25, 0.3) is 10.2 Å². The third-order valence-corrected chi connectivity index (χ3v) is 7.13. The molecule has 9 nitrogen and oxygen atoms in total. The van der Waals surface area contributed by atoms with E-state index in [1.807, 2.05) is 0 Å². The van der Waals surface area contributed by atoms with Gasteiger partial charge in [-0.2, -0.15) is 4.99 Å². The Morgan fingerprint density at radius 2 is 1.70 bits per heavy atom. The molecule has 2 aromatic carbocycles. The molecule has 0 aliphatic rings. The van der Waals surface area contributed by atoms with E-state index in [0.717, 1.165) is 11.3 Å². The molecule has 0 saturated heterocycles. The minimum Gasteiger partial charge on any atom is -0.495 e. The van der Waals surface area contributed by atoms with Gasteiger partial charge in [-0.15, -0.1) is 0 Å². The number of aromatic nitrogens is 1. The maximum absolute atomic E-state index is 12.6. The quantitative estimate of drug-likeness (QED) is 0.421. The molecular formula is C22H24N2O7S2. The zero-order chi connectivity index (χ0) is 24.0. The van der Waals surface area contributed by atoms with Crippen LogP contribution >= 0.6 is 11.3 Å². The topological polar surface area (TPSA) is 113 Å². The number of thiazole rings is 1. The molecule has 3 aromatic rings. The van der Waals surface area contributed by atoms with Crippen LogP contribution in [0.1, 0.15) is 12.5 Å². The largest absolute Gasteiger partial charge is 0.495 e. The van der Waals surface area contributed by atoms with E-state index >= 15 is 0 Å². The number of sulfone groups is 1. The summed E-state index contributed by atoms with van der Waals surface area (Å²) < 4.78 is 43.0. The second-order valence-corrected chi connectivity index (χ2v) is 9.99. The van der Waals surface area contributed by atoms with Crippen molar-refractivity contribution < 1.29 is 32.2 Å². The van der Waals surface area contributed by atoms with Gasteiger partial charge in [0.2, 0.25) is 0 Å². The van der Waals surface area contributed by atoms with Gasteiger partial charge in [0.1, 0.15) is 34.0 Å². The fourth-order valence-corrected chi connectivity index (χ4v) is 5.63. The van der Waals surface area contributed by atoms with Gasteiger partial charge in [-0.05, 0) is 24.6 Å². The van der Waals surface area contributed by atoms with Gasteiger partial charge in [0.25, 0.3) is 5.91 Å². The maximum Gasteiger partial charge on any atom is 0.326 e. The molecule has 1 amide bonds. The Balaban J connectivity index is 2.04. The number of carbonyl (C=O) groups excluding carboxylic acids is 2. The summed E-state index contributed by atoms with van der Waals surface area (Å²) in [6.45, 7) is 1.63. The molecule has 1 heterocycles. The molecule has 0 N–H and O–H groups in total. The highest BCUT2D eigenvalue weighted by Crippen LogP contribution is 2.35. The van der Waals surface area contributed by atoms with Crippen molar-refractivity contribution >= 4 is 43.3 Å². The summed E-state index contributed by atoms with van der Waals surface area (Å²) in [6, 6.07) is 12.0. The minimum atomic E-state index is -3.74. The SMILES string of the molecule is CCOC(=O)Cn1c(=NC(=O)CS(=O)(=O)Cc2ccccc2)sc2c(OC)ccc(OC)c21. The molecular weight excluding hydrogens is 468 g/mol. The average Bonchev–Trinajstić information content (AvgIpc) is 3.10. The Morgan fingerprint density at radius 1 is 1.03 bits per heavy atom. The van der Waals surface area contributed by atoms with Gasteiger partial charge in [0.05, 0.1) is 26.6 Å². The third kappa shape index (κ3) is 5.99. The Labute approximate surface area is 195 Å². The lowest BCUT2D eigenvalue weighted by Gasteiger charge is -2.10. The number of hydrogen-bond acceptors (Lipinski definition) is 8. The molecule has 11 heteroatoms. The van der Waals surface area contributed by atoms with E-state index in [0.29, 0.717) is 27.3 Å². The first-order valence-corrected chi connectivity index (χ1v) is 12.6. The van der Waals surface area contributed by atoms with Crippen molar-refractivity contribution in [2.45, 2.75) is 19.2 Å². The van der Waals surface area contributed by atoms with Crippen LogP contribution in [0.3, 0.4) is 0 Å². The van der Waals surface area contributed by atoms with E-state index in [-0.39, 0.29) is 23.7 Å². The Kier molecular flexibility index (Phi) is 7.88. The van der Waals surface area contributed by atoms with Crippen LogP contribution < -0.4 is 14.3 Å². The van der Waals surface area contributed by atoms with Gasteiger partial charge in [0.15, 0.2) is 14.6 Å². The fourth-order valence-electron chi connectivity index (χ4n) is 3.23. The normalized spacial score (nSPS) is 12.0. The summed E-state index contributed by atoms with van der Waals surface area (Å²) >= 11 is 1.09. The Bertz CT molecular complexity index is 1330. The van der Waals surface area contributed by atoms with Crippen molar-refractivity contribution in [3.05, 3.63) is 52.8 Å². The van der Waals surface area contributed by atoms with Crippen molar-refractivity contribution in [2.75, 3.05) is 26.6 Å². The fraction of sp³-hybridized carbons (Fsp3) is 0.318. The molecule has 3 rings (SSSR count). The highest BCUT2D eigenvalue weighted by Gasteiger charge is 2.21. The highest BCUT2D eigenvalue weighted by atomic mass is 32.2. The first-order chi connectivity index (χ1) is 15.8. The second-order valence-electron chi connectivity index (χ2n) is 6.95. The summed E-state index contributed by atoms with van der Waals surface area (Å²) in [5.74, 6) is -1.47. The third-order valence-electron chi connectivity index (χ3n) is 4.58. The van der Waals surface area contributed by atoms with Crippen molar-refractivity contribution in [3.63, 3.8) is 0 Å². The van der Waals surface area contributed by atoms with Crippen LogP contribution in [-0.4, -0.2) is 51.4 Å². The highest BCUT2D eigenvalue weighted by molar-refractivity contribution is 7.91. The Hall–Kier alpha value is -3.18. The van der Waals surface area contributed by atoms with Gasteiger partial charge < -0.3 is 18.8 Å². The van der Waals surface area contributed by atoms with E-state index in [2.05, 4.69) is 4.99 Å². The molecule has 0 radical (unpaired) electrons. The van der Waals surface area contributed by atoms with Gasteiger partial charge in [0, 0.05) is 0 Å². The van der Waals surface area contributed by atoms with Crippen LogP contribution in [0.2, 0.25) is 0 Å². The molecule has 0 atom stereocenters. The molecule has 33 heavy (non-hydrogen) atoms. The van der Waals surface area contributed by atoms with Crippen LogP contribution in [0.4, 0.5) is 0 Å². The summed E-state index contributed by atoms with van der Waals surface area (Å²) in [4.78, 5) is 29.1. The first-order valence-electron chi connectivity index (χ1n) is 9.99. The molecule has 0 unspecified atom stereocenters. The van der Waals surface area contributed by atoms with Crippen molar-refractivity contribution in [2.24, 2.45) is 4.99 Å². The number of amides is 1. The van der Waals surface area contributed by atoms with Crippen molar-refractivity contribution in [1.29, 1.82) is 0 Å². The zero-order valence-electron chi connectivity index (χ0n) is 18.4. The molecule has 0 saturated carbocycles. The molecule has 0 aliphatic carbocycles. The van der Waals surface area contributed by atoms with Crippen LogP contribution in [0.15, 0.2) is 47.5 Å². The summed E-state index contributed by atoms with van der Waals surface area (Å²) in [7, 11) is -0.770. The minimum absolute atomic E-state index is 0.140. The monoisotopic (exact) mass is 492 g/mol. The average molecular weight is 493 g/mol.